The lowest BCUT2D eigenvalue weighted by atomic mass is 9.88. The summed E-state index contributed by atoms with van der Waals surface area (Å²) in [6.45, 7) is 3.97. The molecule has 5 aromatic rings. The van der Waals surface area contributed by atoms with Crippen molar-refractivity contribution in [2.75, 3.05) is 13.7 Å². The molecule has 0 unspecified atom stereocenters. The van der Waals surface area contributed by atoms with Gasteiger partial charge in [0, 0.05) is 12.7 Å². The van der Waals surface area contributed by atoms with E-state index in [9.17, 15) is 4.79 Å². The molecule has 0 saturated carbocycles. The van der Waals surface area contributed by atoms with Gasteiger partial charge in [0.1, 0.15) is 36.8 Å². The van der Waals surface area contributed by atoms with Crippen molar-refractivity contribution < 1.29 is 33.2 Å². The van der Waals surface area contributed by atoms with Crippen LogP contribution in [0.5, 0.6) is 0 Å². The van der Waals surface area contributed by atoms with Gasteiger partial charge in [0.15, 0.2) is 0 Å². The molecule has 0 spiro atoms. The minimum Gasteiger partial charge on any atom is -0.380 e. The first-order chi connectivity index (χ1) is 25.1. The Bertz CT molecular complexity index is 1770. The van der Waals surface area contributed by atoms with Crippen molar-refractivity contribution in [2.24, 2.45) is 0 Å². The average molecular weight is 687 g/mol. The summed E-state index contributed by atoms with van der Waals surface area (Å²) in [5.74, 6) is 0. The topological polar surface area (TPSA) is 72.5 Å². The smallest absolute Gasteiger partial charge is 0.150 e. The molecule has 6 rings (SSSR count). The number of hydrogen-bond donors (Lipinski definition) is 0. The molecule has 0 aromatic heterocycles. The summed E-state index contributed by atoms with van der Waals surface area (Å²) in [7, 11) is 1.65. The Balaban J connectivity index is 1.40. The zero-order chi connectivity index (χ0) is 35.3. The summed E-state index contributed by atoms with van der Waals surface area (Å²) in [6, 6.07) is 44.2. The molecule has 0 radical (unpaired) electrons. The second-order valence-corrected chi connectivity index (χ2v) is 12.8. The van der Waals surface area contributed by atoms with Gasteiger partial charge in [-0.3, -0.25) is 4.79 Å². The Hall–Kier alpha value is -4.47. The molecule has 1 aliphatic heterocycles. The third-order valence-corrected chi connectivity index (χ3v) is 9.22. The van der Waals surface area contributed by atoms with E-state index in [1.165, 1.54) is 0 Å². The highest BCUT2D eigenvalue weighted by atomic mass is 16.6. The molecule has 5 aromatic carbocycles. The van der Waals surface area contributed by atoms with Crippen LogP contribution in [0.4, 0.5) is 0 Å². The Labute approximate surface area is 301 Å². The molecule has 5 atom stereocenters. The Morgan fingerprint density at radius 3 is 1.55 bits per heavy atom. The van der Waals surface area contributed by atoms with Gasteiger partial charge in [-0.05, 0) is 51.9 Å². The minimum atomic E-state index is -0.619. The van der Waals surface area contributed by atoms with Gasteiger partial charge in [-0.2, -0.15) is 0 Å². The SMILES string of the molecule is COCc1cc([C@@H]2O[C@H](COCc3ccccc3)[C@@H](OCc3ccccc3)[C@H](OCc3ccccc3)[C@H]2OCc2ccccc2)cc(C=O)c1C. The predicted octanol–water partition coefficient (Wildman–Crippen LogP) is 8.37. The van der Waals surface area contributed by atoms with E-state index in [4.69, 9.17) is 28.4 Å². The van der Waals surface area contributed by atoms with Crippen LogP contribution in [0.1, 0.15) is 55.4 Å². The fourth-order valence-corrected chi connectivity index (χ4v) is 6.47. The van der Waals surface area contributed by atoms with E-state index < -0.39 is 30.5 Å². The molecular weight excluding hydrogens is 640 g/mol. The van der Waals surface area contributed by atoms with Crippen LogP contribution in [0.3, 0.4) is 0 Å². The Kier molecular flexibility index (Phi) is 13.3. The first-order valence-electron chi connectivity index (χ1n) is 17.4. The van der Waals surface area contributed by atoms with Gasteiger partial charge in [0.2, 0.25) is 0 Å². The maximum Gasteiger partial charge on any atom is 0.150 e. The predicted molar refractivity (Wildman–Crippen MR) is 196 cm³/mol. The summed E-state index contributed by atoms with van der Waals surface area (Å²) in [5.41, 5.74) is 7.30. The van der Waals surface area contributed by atoms with E-state index >= 15 is 0 Å². The number of methoxy groups -OCH3 is 1. The number of carbonyl (C=O) groups is 1. The normalized spacial score (nSPS) is 20.2. The first kappa shape index (κ1) is 36.3. The van der Waals surface area contributed by atoms with Gasteiger partial charge in [-0.1, -0.05) is 127 Å². The van der Waals surface area contributed by atoms with E-state index in [1.807, 2.05) is 134 Å². The van der Waals surface area contributed by atoms with Crippen molar-refractivity contribution in [3.05, 3.63) is 178 Å². The molecular formula is C44H46O7. The van der Waals surface area contributed by atoms with Crippen LogP contribution < -0.4 is 0 Å². The Morgan fingerprint density at radius 1 is 0.588 bits per heavy atom. The number of hydrogen-bond acceptors (Lipinski definition) is 7. The summed E-state index contributed by atoms with van der Waals surface area (Å²) >= 11 is 0. The van der Waals surface area contributed by atoms with Gasteiger partial charge in [0.05, 0.1) is 39.6 Å². The summed E-state index contributed by atoms with van der Waals surface area (Å²) in [4.78, 5) is 12.4. The molecule has 1 heterocycles. The molecule has 0 N–H and O–H groups in total. The standard InChI is InChI=1S/C44H46O7/c1-32-38(25-45)23-37(24-39(32)30-46-2)41-43(49-28-35-19-11-5-12-20-35)44(50-29-36-21-13-6-14-22-36)42(48-27-34-17-9-4-10-18-34)40(51-41)31-47-26-33-15-7-3-8-16-33/h3-25,40-44H,26-31H2,1-2H3/t40-,41+,42-,43+,44+/m1/s1. The molecule has 0 amide bonds. The van der Waals surface area contributed by atoms with Gasteiger partial charge in [0.25, 0.3) is 0 Å². The van der Waals surface area contributed by atoms with Crippen LogP contribution in [0.25, 0.3) is 0 Å². The fraction of sp³-hybridized carbons (Fsp3) is 0.295. The van der Waals surface area contributed by atoms with Crippen LogP contribution >= 0.6 is 0 Å². The highest BCUT2D eigenvalue weighted by molar-refractivity contribution is 5.78. The maximum absolute atomic E-state index is 12.4. The quantitative estimate of drug-likeness (QED) is 0.0911. The summed E-state index contributed by atoms with van der Waals surface area (Å²) < 4.78 is 39.5. The van der Waals surface area contributed by atoms with Crippen LogP contribution in [0.15, 0.2) is 133 Å². The number of benzene rings is 5. The molecule has 1 aliphatic rings. The number of rotatable bonds is 17. The average Bonchev–Trinajstić information content (AvgIpc) is 3.18. The van der Waals surface area contributed by atoms with Gasteiger partial charge in [-0.15, -0.1) is 0 Å². The van der Waals surface area contributed by atoms with E-state index in [0.717, 1.165) is 45.2 Å². The van der Waals surface area contributed by atoms with Crippen molar-refractivity contribution in [1.82, 2.24) is 0 Å². The highest BCUT2D eigenvalue weighted by Crippen LogP contribution is 2.39. The molecule has 7 heteroatoms. The van der Waals surface area contributed by atoms with E-state index in [2.05, 4.69) is 6.07 Å². The van der Waals surface area contributed by atoms with E-state index in [1.54, 1.807) is 7.11 Å². The number of ether oxygens (including phenoxy) is 6. The highest BCUT2D eigenvalue weighted by Gasteiger charge is 2.49. The van der Waals surface area contributed by atoms with E-state index in [0.29, 0.717) is 38.6 Å². The summed E-state index contributed by atoms with van der Waals surface area (Å²) in [5, 5.41) is 0. The molecule has 264 valence electrons. The van der Waals surface area contributed by atoms with Crippen molar-refractivity contribution >= 4 is 6.29 Å². The largest absolute Gasteiger partial charge is 0.380 e. The van der Waals surface area contributed by atoms with Crippen molar-refractivity contribution in [2.45, 2.75) is 70.5 Å². The van der Waals surface area contributed by atoms with Crippen LogP contribution in [-0.2, 0) is 61.5 Å². The molecule has 1 fully saturated rings. The molecule has 51 heavy (non-hydrogen) atoms. The maximum atomic E-state index is 12.4. The fourth-order valence-electron chi connectivity index (χ4n) is 6.47. The third-order valence-electron chi connectivity index (χ3n) is 9.22. The van der Waals surface area contributed by atoms with Gasteiger partial charge >= 0.3 is 0 Å². The number of carbonyl (C=O) groups excluding carboxylic acids is 1. The molecule has 0 bridgehead atoms. The van der Waals surface area contributed by atoms with Gasteiger partial charge < -0.3 is 28.4 Å². The van der Waals surface area contributed by atoms with Crippen molar-refractivity contribution in [3.63, 3.8) is 0 Å². The zero-order valence-electron chi connectivity index (χ0n) is 29.3. The van der Waals surface area contributed by atoms with Crippen molar-refractivity contribution in [1.29, 1.82) is 0 Å². The van der Waals surface area contributed by atoms with Crippen LogP contribution in [0, 0.1) is 6.92 Å². The van der Waals surface area contributed by atoms with Crippen LogP contribution in [-0.4, -0.2) is 44.4 Å². The summed E-state index contributed by atoms with van der Waals surface area (Å²) in [6.07, 6.45) is -2.02. The van der Waals surface area contributed by atoms with Gasteiger partial charge in [-0.25, -0.2) is 0 Å². The lowest BCUT2D eigenvalue weighted by Gasteiger charge is -2.46. The Morgan fingerprint density at radius 2 is 1.06 bits per heavy atom. The molecule has 0 aliphatic carbocycles. The zero-order valence-corrected chi connectivity index (χ0v) is 29.3. The van der Waals surface area contributed by atoms with Crippen molar-refractivity contribution in [3.8, 4) is 0 Å². The van der Waals surface area contributed by atoms with Crippen LogP contribution in [0.2, 0.25) is 0 Å². The second kappa shape index (κ2) is 18.7. The third kappa shape index (κ3) is 9.86. The second-order valence-electron chi connectivity index (χ2n) is 12.8. The number of aldehydes is 1. The molecule has 1 saturated heterocycles. The molecule has 7 nitrogen and oxygen atoms in total. The lowest BCUT2D eigenvalue weighted by Crippen LogP contribution is -2.58. The van der Waals surface area contributed by atoms with E-state index in [-0.39, 0.29) is 6.61 Å². The minimum absolute atomic E-state index is 0.249. The lowest BCUT2D eigenvalue weighted by molar-refractivity contribution is -0.275. The first-order valence-corrected chi connectivity index (χ1v) is 17.4. The monoisotopic (exact) mass is 686 g/mol.